The van der Waals surface area contributed by atoms with E-state index in [0.717, 1.165) is 41.1 Å². The van der Waals surface area contributed by atoms with E-state index in [1.807, 2.05) is 36.4 Å². The number of amides is 1. The molecule has 0 saturated carbocycles. The number of hydrogen-bond donors (Lipinski definition) is 1. The van der Waals surface area contributed by atoms with Crippen molar-refractivity contribution in [3.63, 3.8) is 0 Å². The van der Waals surface area contributed by atoms with Crippen LogP contribution in [0, 0.1) is 11.3 Å². The van der Waals surface area contributed by atoms with Crippen LogP contribution >= 0.6 is 22.9 Å². The summed E-state index contributed by atoms with van der Waals surface area (Å²) in [5.41, 5.74) is 3.65. The van der Waals surface area contributed by atoms with Crippen molar-refractivity contribution < 1.29 is 9.53 Å². The molecule has 1 heterocycles. The van der Waals surface area contributed by atoms with Gasteiger partial charge in [-0.2, -0.15) is 0 Å². The van der Waals surface area contributed by atoms with Gasteiger partial charge in [-0.1, -0.05) is 50.6 Å². The largest absolute Gasteiger partial charge is 0.497 e. The van der Waals surface area contributed by atoms with Gasteiger partial charge in [0.1, 0.15) is 10.8 Å². The van der Waals surface area contributed by atoms with Gasteiger partial charge in [0.25, 0.3) is 5.91 Å². The predicted octanol–water partition coefficient (Wildman–Crippen LogP) is 7.56. The van der Waals surface area contributed by atoms with Gasteiger partial charge in [-0.3, -0.25) is 4.79 Å². The summed E-state index contributed by atoms with van der Waals surface area (Å²) in [6.07, 6.45) is 4.75. The van der Waals surface area contributed by atoms with Gasteiger partial charge in [0, 0.05) is 21.8 Å². The van der Waals surface area contributed by atoms with Gasteiger partial charge < -0.3 is 10.1 Å². The minimum Gasteiger partial charge on any atom is -0.497 e. The Bertz CT molecular complexity index is 1190. The highest BCUT2D eigenvalue weighted by atomic mass is 35.5. The van der Waals surface area contributed by atoms with Gasteiger partial charge in [-0.05, 0) is 72.1 Å². The number of fused-ring (bicyclic) bond motifs is 1. The first-order valence-electron chi connectivity index (χ1n) is 11.1. The summed E-state index contributed by atoms with van der Waals surface area (Å²) in [4.78, 5) is 19.5. The molecule has 0 radical (unpaired) electrons. The number of benzene rings is 2. The zero-order chi connectivity index (χ0) is 23.6. The normalized spacial score (nSPS) is 16.0. The number of carbonyl (C=O) groups is 1. The molecule has 1 unspecified atom stereocenters. The Morgan fingerprint density at radius 2 is 2.00 bits per heavy atom. The first-order valence-corrected chi connectivity index (χ1v) is 12.3. The van der Waals surface area contributed by atoms with E-state index >= 15 is 0 Å². The van der Waals surface area contributed by atoms with Crippen LogP contribution in [0.2, 0.25) is 5.02 Å². The van der Waals surface area contributed by atoms with Crippen LogP contribution in [0.25, 0.3) is 0 Å². The number of rotatable bonds is 5. The van der Waals surface area contributed by atoms with Gasteiger partial charge in [-0.15, -0.1) is 11.3 Å². The molecule has 6 heteroatoms. The standard InChI is InChI=1S/C27H29ClN2O2S/c1-27(2,3)18-11-12-22-23(14-18)33-26(29-16-17-7-5-10-21(13-17)32-4)24(22)25(31)30-20-9-6-8-19(28)15-20/h5-10,13,15-16,18H,11-12,14H2,1-4H3,(H,30,31). The van der Waals surface area contributed by atoms with Gasteiger partial charge in [0.05, 0.1) is 12.7 Å². The summed E-state index contributed by atoms with van der Waals surface area (Å²) in [6, 6.07) is 15.0. The van der Waals surface area contributed by atoms with Crippen molar-refractivity contribution in [2.24, 2.45) is 16.3 Å². The molecule has 0 spiro atoms. The van der Waals surface area contributed by atoms with Crippen LogP contribution in [0.15, 0.2) is 53.5 Å². The van der Waals surface area contributed by atoms with Gasteiger partial charge in [-0.25, -0.2) is 4.99 Å². The van der Waals surface area contributed by atoms with E-state index in [-0.39, 0.29) is 11.3 Å². The molecule has 1 aromatic heterocycles. The second-order valence-electron chi connectivity index (χ2n) is 9.49. The van der Waals surface area contributed by atoms with E-state index in [9.17, 15) is 4.79 Å². The fourth-order valence-corrected chi connectivity index (χ4v) is 5.71. The zero-order valence-corrected chi connectivity index (χ0v) is 21.0. The number of carbonyl (C=O) groups excluding carboxylic acids is 1. The van der Waals surface area contributed by atoms with E-state index in [1.54, 1.807) is 36.8 Å². The van der Waals surface area contributed by atoms with Gasteiger partial charge in [0.2, 0.25) is 0 Å². The number of nitrogens with one attached hydrogen (secondary N) is 1. The number of hydrogen-bond acceptors (Lipinski definition) is 4. The van der Waals surface area contributed by atoms with E-state index in [2.05, 4.69) is 26.1 Å². The highest BCUT2D eigenvalue weighted by molar-refractivity contribution is 7.16. The highest BCUT2D eigenvalue weighted by Gasteiger charge is 2.33. The molecular formula is C27H29ClN2O2S. The van der Waals surface area contributed by atoms with Crippen LogP contribution < -0.4 is 10.1 Å². The molecule has 0 fully saturated rings. The maximum Gasteiger partial charge on any atom is 0.259 e. The SMILES string of the molecule is COc1cccc(C=Nc2sc3c(c2C(=O)Nc2cccc(Cl)c2)CCC(C(C)(C)C)C3)c1. The summed E-state index contributed by atoms with van der Waals surface area (Å²) in [5, 5.41) is 4.36. The number of thiophene rings is 1. The third-order valence-electron chi connectivity index (χ3n) is 6.21. The number of ether oxygens (including phenoxy) is 1. The van der Waals surface area contributed by atoms with E-state index in [1.165, 1.54) is 4.88 Å². The van der Waals surface area contributed by atoms with Crippen LogP contribution in [0.5, 0.6) is 5.75 Å². The summed E-state index contributed by atoms with van der Waals surface area (Å²) >= 11 is 7.75. The molecule has 3 aromatic rings. The Morgan fingerprint density at radius 1 is 1.21 bits per heavy atom. The molecule has 0 bridgehead atoms. The second-order valence-corrected chi connectivity index (χ2v) is 11.0. The first kappa shape index (κ1) is 23.5. The Balaban J connectivity index is 1.70. The molecule has 0 saturated heterocycles. The van der Waals surface area contributed by atoms with Crippen LogP contribution in [0.3, 0.4) is 0 Å². The molecule has 2 aromatic carbocycles. The first-order chi connectivity index (χ1) is 15.7. The summed E-state index contributed by atoms with van der Waals surface area (Å²) in [5.74, 6) is 1.22. The van der Waals surface area contributed by atoms with Crippen LogP contribution in [-0.4, -0.2) is 19.2 Å². The Hall–Kier alpha value is -2.63. The third-order valence-corrected chi connectivity index (χ3v) is 7.60. The second kappa shape index (κ2) is 9.70. The molecule has 33 heavy (non-hydrogen) atoms. The lowest BCUT2D eigenvalue weighted by Crippen LogP contribution is -2.27. The predicted molar refractivity (Wildman–Crippen MR) is 139 cm³/mol. The topological polar surface area (TPSA) is 50.7 Å². The lowest BCUT2D eigenvalue weighted by molar-refractivity contribution is 0.102. The van der Waals surface area contributed by atoms with Crippen LogP contribution in [0.4, 0.5) is 10.7 Å². The Labute approximate surface area is 204 Å². The van der Waals surface area contributed by atoms with Crippen molar-refractivity contribution in [2.45, 2.75) is 40.0 Å². The van der Waals surface area contributed by atoms with Crippen LogP contribution in [0.1, 0.15) is 53.6 Å². The molecule has 1 atom stereocenters. The van der Waals surface area contributed by atoms with Gasteiger partial charge in [0.15, 0.2) is 0 Å². The summed E-state index contributed by atoms with van der Waals surface area (Å²) in [7, 11) is 1.65. The molecule has 1 amide bonds. The third kappa shape index (κ3) is 5.48. The maximum absolute atomic E-state index is 13.4. The zero-order valence-electron chi connectivity index (χ0n) is 19.4. The molecular weight excluding hydrogens is 452 g/mol. The summed E-state index contributed by atoms with van der Waals surface area (Å²) < 4.78 is 5.32. The number of anilines is 1. The van der Waals surface area contributed by atoms with Gasteiger partial charge >= 0.3 is 0 Å². The van der Waals surface area contributed by atoms with Crippen molar-refractivity contribution in [1.82, 2.24) is 0 Å². The van der Waals surface area contributed by atoms with Crippen molar-refractivity contribution in [3.05, 3.63) is 75.1 Å². The fraction of sp³-hybridized carbons (Fsp3) is 0.333. The average molecular weight is 481 g/mol. The van der Waals surface area contributed by atoms with E-state index < -0.39 is 0 Å². The van der Waals surface area contributed by atoms with Crippen LogP contribution in [-0.2, 0) is 12.8 Å². The van der Waals surface area contributed by atoms with Crippen molar-refractivity contribution >= 4 is 45.7 Å². The number of methoxy groups -OCH3 is 1. The monoisotopic (exact) mass is 480 g/mol. The lowest BCUT2D eigenvalue weighted by atomic mass is 9.72. The number of halogens is 1. The molecule has 4 rings (SSSR count). The molecule has 0 aliphatic heterocycles. The number of nitrogens with zero attached hydrogens (tertiary/aromatic N) is 1. The smallest absolute Gasteiger partial charge is 0.259 e. The van der Waals surface area contributed by atoms with Crippen molar-refractivity contribution in [1.29, 1.82) is 0 Å². The minimum atomic E-state index is -0.137. The Morgan fingerprint density at radius 3 is 2.73 bits per heavy atom. The number of aliphatic imine (C=N–C) groups is 1. The lowest BCUT2D eigenvalue weighted by Gasteiger charge is -2.33. The van der Waals surface area contributed by atoms with E-state index in [4.69, 9.17) is 21.3 Å². The van der Waals surface area contributed by atoms with Crippen molar-refractivity contribution in [2.75, 3.05) is 12.4 Å². The summed E-state index contributed by atoms with van der Waals surface area (Å²) in [6.45, 7) is 6.89. The average Bonchev–Trinajstić information content (AvgIpc) is 3.15. The molecule has 4 nitrogen and oxygen atoms in total. The Kier molecular flexibility index (Phi) is 6.91. The quantitative estimate of drug-likeness (QED) is 0.383. The molecule has 1 aliphatic carbocycles. The minimum absolute atomic E-state index is 0.137. The van der Waals surface area contributed by atoms with Crippen molar-refractivity contribution in [3.8, 4) is 5.75 Å². The van der Waals surface area contributed by atoms with E-state index in [0.29, 0.717) is 22.2 Å². The maximum atomic E-state index is 13.4. The molecule has 172 valence electrons. The molecule has 1 aliphatic rings. The highest BCUT2D eigenvalue weighted by Crippen LogP contribution is 2.45. The molecule has 1 N–H and O–H groups in total. The fourth-order valence-electron chi connectivity index (χ4n) is 4.25.